The van der Waals surface area contributed by atoms with E-state index < -0.39 is 0 Å². The van der Waals surface area contributed by atoms with Crippen molar-refractivity contribution in [1.29, 1.82) is 0 Å². The Hall–Kier alpha value is -1.77. The van der Waals surface area contributed by atoms with Crippen molar-refractivity contribution in [3.63, 3.8) is 0 Å². The minimum Gasteiger partial charge on any atom is -0.399 e. The Morgan fingerprint density at radius 3 is 2.65 bits per heavy atom. The normalized spacial score (nSPS) is 10.6. The van der Waals surface area contributed by atoms with Crippen molar-refractivity contribution < 1.29 is 4.79 Å². The molecule has 0 atom stereocenters. The van der Waals surface area contributed by atoms with Gasteiger partial charge in [-0.15, -0.1) is 0 Å². The summed E-state index contributed by atoms with van der Waals surface area (Å²) in [5, 5.41) is 2.85. The maximum absolute atomic E-state index is 11.4. The van der Waals surface area contributed by atoms with E-state index in [4.69, 9.17) is 5.73 Å². The van der Waals surface area contributed by atoms with Gasteiger partial charge in [-0.3, -0.25) is 4.79 Å². The number of rotatable bonds is 6. The Balaban J connectivity index is 2.32. The van der Waals surface area contributed by atoms with Crippen LogP contribution in [0.5, 0.6) is 0 Å². The first-order chi connectivity index (χ1) is 8.22. The number of nitrogens with two attached hydrogens (primary N) is 1. The average Bonchev–Trinajstić information content (AvgIpc) is 2.34. The summed E-state index contributed by atoms with van der Waals surface area (Å²) in [6.07, 6.45) is 6.70. The fraction of sp³-hybridized carbons (Fsp3) is 0.357. The van der Waals surface area contributed by atoms with Gasteiger partial charge in [0.05, 0.1) is 0 Å². The lowest BCUT2D eigenvalue weighted by molar-refractivity contribution is -0.116. The van der Waals surface area contributed by atoms with Gasteiger partial charge in [0, 0.05) is 18.3 Å². The quantitative estimate of drug-likeness (QED) is 0.450. The number of amides is 1. The molecule has 0 radical (unpaired) electrons. The van der Waals surface area contributed by atoms with Gasteiger partial charge in [-0.05, 0) is 30.2 Å². The Bertz CT molecular complexity index is 368. The van der Waals surface area contributed by atoms with Gasteiger partial charge in [-0.25, -0.2) is 0 Å². The molecular weight excluding hydrogens is 212 g/mol. The number of hydrogen-bond donors (Lipinski definition) is 2. The van der Waals surface area contributed by atoms with Crippen molar-refractivity contribution in [2.24, 2.45) is 0 Å². The smallest absolute Gasteiger partial charge is 0.243 e. The minimum atomic E-state index is -0.0436. The molecule has 1 aromatic rings. The predicted molar refractivity (Wildman–Crippen MR) is 72.4 cm³/mol. The van der Waals surface area contributed by atoms with Crippen LogP contribution in [0.3, 0.4) is 0 Å². The number of carbonyl (C=O) groups excluding carboxylic acids is 1. The number of nitrogen functional groups attached to an aromatic ring is 1. The van der Waals surface area contributed by atoms with Crippen LogP contribution >= 0.6 is 0 Å². The first-order valence-electron chi connectivity index (χ1n) is 6.04. The Kier molecular flexibility index (Phi) is 5.86. The van der Waals surface area contributed by atoms with Gasteiger partial charge in [-0.2, -0.15) is 0 Å². The SMILES string of the molecule is CCCCCNC(=O)/C=C/c1ccc(N)cc1. The Morgan fingerprint density at radius 2 is 2.00 bits per heavy atom. The van der Waals surface area contributed by atoms with Crippen LogP contribution in [0.25, 0.3) is 6.08 Å². The highest BCUT2D eigenvalue weighted by Crippen LogP contribution is 2.06. The summed E-state index contributed by atoms with van der Waals surface area (Å²) in [6.45, 7) is 2.89. The molecule has 3 nitrogen and oxygen atoms in total. The molecule has 92 valence electrons. The lowest BCUT2D eigenvalue weighted by Gasteiger charge is -2.00. The second-order valence-electron chi connectivity index (χ2n) is 4.00. The van der Waals surface area contributed by atoms with Crippen molar-refractivity contribution in [1.82, 2.24) is 5.32 Å². The predicted octanol–water partition coefficient (Wildman–Crippen LogP) is 2.59. The molecule has 1 amide bonds. The van der Waals surface area contributed by atoms with E-state index in [0.717, 1.165) is 37.1 Å². The Morgan fingerprint density at radius 1 is 1.29 bits per heavy atom. The molecule has 0 aliphatic heterocycles. The van der Waals surface area contributed by atoms with Crippen LogP contribution in [0.15, 0.2) is 30.3 Å². The summed E-state index contributed by atoms with van der Waals surface area (Å²) in [7, 11) is 0. The third-order valence-corrected chi connectivity index (χ3v) is 2.44. The lowest BCUT2D eigenvalue weighted by Crippen LogP contribution is -2.21. The highest BCUT2D eigenvalue weighted by atomic mass is 16.1. The van der Waals surface area contributed by atoms with E-state index in [1.165, 1.54) is 0 Å². The van der Waals surface area contributed by atoms with Gasteiger partial charge < -0.3 is 11.1 Å². The maximum atomic E-state index is 11.4. The van der Waals surface area contributed by atoms with Gasteiger partial charge >= 0.3 is 0 Å². The fourth-order valence-electron chi connectivity index (χ4n) is 1.42. The molecule has 0 aromatic heterocycles. The molecule has 0 saturated heterocycles. The number of anilines is 1. The number of hydrogen-bond acceptors (Lipinski definition) is 2. The number of unbranched alkanes of at least 4 members (excludes halogenated alkanes) is 2. The molecule has 0 aliphatic carbocycles. The minimum absolute atomic E-state index is 0.0436. The Labute approximate surface area is 103 Å². The molecule has 17 heavy (non-hydrogen) atoms. The molecule has 0 spiro atoms. The molecule has 0 bridgehead atoms. The van der Waals surface area contributed by atoms with Gasteiger partial charge in [0.15, 0.2) is 0 Å². The van der Waals surface area contributed by atoms with E-state index in [1.807, 2.05) is 24.3 Å². The highest BCUT2D eigenvalue weighted by Gasteiger charge is 1.94. The summed E-state index contributed by atoms with van der Waals surface area (Å²) >= 11 is 0. The third-order valence-electron chi connectivity index (χ3n) is 2.44. The van der Waals surface area contributed by atoms with E-state index in [0.29, 0.717) is 0 Å². The standard InChI is InChI=1S/C14H20N2O/c1-2-3-4-11-16-14(17)10-7-12-5-8-13(15)9-6-12/h5-10H,2-4,11,15H2,1H3,(H,16,17)/b10-7+. The zero-order valence-corrected chi connectivity index (χ0v) is 10.3. The summed E-state index contributed by atoms with van der Waals surface area (Å²) in [6, 6.07) is 7.41. The van der Waals surface area contributed by atoms with E-state index in [1.54, 1.807) is 12.2 Å². The van der Waals surface area contributed by atoms with E-state index in [2.05, 4.69) is 12.2 Å². The van der Waals surface area contributed by atoms with Crippen LogP contribution in [0.1, 0.15) is 31.7 Å². The average molecular weight is 232 g/mol. The van der Waals surface area contributed by atoms with E-state index in [9.17, 15) is 4.79 Å². The topological polar surface area (TPSA) is 55.1 Å². The summed E-state index contributed by atoms with van der Waals surface area (Å²) in [4.78, 5) is 11.4. The van der Waals surface area contributed by atoms with Crippen LogP contribution in [-0.2, 0) is 4.79 Å². The van der Waals surface area contributed by atoms with Crippen molar-refractivity contribution in [2.45, 2.75) is 26.2 Å². The van der Waals surface area contributed by atoms with Crippen molar-refractivity contribution in [3.8, 4) is 0 Å². The fourth-order valence-corrected chi connectivity index (χ4v) is 1.42. The molecule has 0 saturated carbocycles. The van der Waals surface area contributed by atoms with E-state index >= 15 is 0 Å². The lowest BCUT2D eigenvalue weighted by atomic mass is 10.2. The molecule has 1 aromatic carbocycles. The van der Waals surface area contributed by atoms with Crippen molar-refractivity contribution in [2.75, 3.05) is 12.3 Å². The molecule has 0 heterocycles. The second-order valence-corrected chi connectivity index (χ2v) is 4.00. The second kappa shape index (κ2) is 7.49. The van der Waals surface area contributed by atoms with Crippen molar-refractivity contribution in [3.05, 3.63) is 35.9 Å². The molecule has 3 heteroatoms. The summed E-state index contributed by atoms with van der Waals surface area (Å²) in [5.74, 6) is -0.0436. The largest absolute Gasteiger partial charge is 0.399 e. The van der Waals surface area contributed by atoms with Crippen LogP contribution in [0.4, 0.5) is 5.69 Å². The maximum Gasteiger partial charge on any atom is 0.243 e. The molecule has 0 aliphatic rings. The molecule has 3 N–H and O–H groups in total. The summed E-state index contributed by atoms with van der Waals surface area (Å²) in [5.41, 5.74) is 7.28. The van der Waals surface area contributed by atoms with Gasteiger partial charge in [0.2, 0.25) is 5.91 Å². The first-order valence-corrected chi connectivity index (χ1v) is 6.04. The van der Waals surface area contributed by atoms with Crippen LogP contribution in [0, 0.1) is 0 Å². The number of nitrogens with one attached hydrogen (secondary N) is 1. The van der Waals surface area contributed by atoms with E-state index in [-0.39, 0.29) is 5.91 Å². The molecule has 1 rings (SSSR count). The van der Waals surface area contributed by atoms with Crippen LogP contribution in [0.2, 0.25) is 0 Å². The van der Waals surface area contributed by atoms with Crippen molar-refractivity contribution >= 4 is 17.7 Å². The zero-order valence-electron chi connectivity index (χ0n) is 10.3. The first kappa shape index (κ1) is 13.3. The zero-order chi connectivity index (χ0) is 12.5. The monoisotopic (exact) mass is 232 g/mol. The highest BCUT2D eigenvalue weighted by molar-refractivity contribution is 5.91. The van der Waals surface area contributed by atoms with Gasteiger partial charge in [-0.1, -0.05) is 31.9 Å². The number of carbonyl (C=O) groups is 1. The molecular formula is C14H20N2O. The van der Waals surface area contributed by atoms with Crippen LogP contribution < -0.4 is 11.1 Å². The summed E-state index contributed by atoms with van der Waals surface area (Å²) < 4.78 is 0. The number of benzene rings is 1. The molecule has 0 unspecified atom stereocenters. The third kappa shape index (κ3) is 5.76. The molecule has 0 fully saturated rings. The van der Waals surface area contributed by atoms with Gasteiger partial charge in [0.25, 0.3) is 0 Å². The van der Waals surface area contributed by atoms with Crippen LogP contribution in [-0.4, -0.2) is 12.5 Å². The van der Waals surface area contributed by atoms with Gasteiger partial charge in [0.1, 0.15) is 0 Å².